The van der Waals surface area contributed by atoms with E-state index in [0.29, 0.717) is 17.0 Å². The third-order valence-electron chi connectivity index (χ3n) is 4.16. The Morgan fingerprint density at radius 1 is 1.00 bits per heavy atom. The van der Waals surface area contributed by atoms with E-state index in [1.807, 2.05) is 73.7 Å². The van der Waals surface area contributed by atoms with Crippen LogP contribution in [0.1, 0.15) is 21.8 Å². The van der Waals surface area contributed by atoms with Gasteiger partial charge in [-0.15, -0.1) is 0 Å². The quantitative estimate of drug-likeness (QED) is 0.547. The van der Waals surface area contributed by atoms with Crippen molar-refractivity contribution in [3.63, 3.8) is 0 Å². The Bertz CT molecular complexity index is 1090. The molecule has 27 heavy (non-hydrogen) atoms. The number of fused-ring (bicyclic) bond motifs is 1. The summed E-state index contributed by atoms with van der Waals surface area (Å²) >= 11 is 0. The highest BCUT2D eigenvalue weighted by Crippen LogP contribution is 2.28. The van der Waals surface area contributed by atoms with Crippen molar-refractivity contribution in [2.75, 3.05) is 5.32 Å². The molecule has 134 valence electrons. The van der Waals surface area contributed by atoms with Crippen LogP contribution in [0.15, 0.2) is 77.2 Å². The highest BCUT2D eigenvalue weighted by atomic mass is 16.5. The van der Waals surface area contributed by atoms with Crippen molar-refractivity contribution < 1.29 is 13.9 Å². The molecule has 0 aliphatic rings. The molecule has 0 radical (unpaired) electrons. The van der Waals surface area contributed by atoms with Crippen LogP contribution in [0.5, 0.6) is 5.75 Å². The van der Waals surface area contributed by atoms with Crippen LogP contribution >= 0.6 is 0 Å². The Kier molecular flexibility index (Phi) is 4.58. The number of pyridine rings is 1. The number of para-hydroxylation sites is 2. The summed E-state index contributed by atoms with van der Waals surface area (Å²) in [5, 5.41) is 3.66. The molecular weight excluding hydrogens is 340 g/mol. The number of nitrogens with one attached hydrogen (secondary N) is 1. The Morgan fingerprint density at radius 3 is 2.59 bits per heavy atom. The van der Waals surface area contributed by atoms with Gasteiger partial charge in [-0.3, -0.25) is 4.79 Å². The van der Waals surface area contributed by atoms with Gasteiger partial charge in [-0.2, -0.15) is 0 Å². The van der Waals surface area contributed by atoms with Crippen molar-refractivity contribution in [1.82, 2.24) is 4.98 Å². The Morgan fingerprint density at radius 2 is 1.78 bits per heavy atom. The number of furan rings is 1. The molecular formula is C22H18N2O3. The number of hydrogen-bond acceptors (Lipinski definition) is 4. The predicted octanol–water partition coefficient (Wildman–Crippen LogP) is 4.97. The van der Waals surface area contributed by atoms with E-state index in [2.05, 4.69) is 10.3 Å². The van der Waals surface area contributed by atoms with Crippen LogP contribution in [0.4, 0.5) is 5.82 Å². The normalized spacial score (nSPS) is 10.7. The van der Waals surface area contributed by atoms with Gasteiger partial charge in [-0.05, 0) is 37.3 Å². The number of carbonyl (C=O) groups is 1. The van der Waals surface area contributed by atoms with Crippen LogP contribution in [-0.2, 0) is 6.61 Å². The number of amides is 1. The van der Waals surface area contributed by atoms with Crippen molar-refractivity contribution in [3.05, 3.63) is 89.8 Å². The first-order valence-electron chi connectivity index (χ1n) is 8.64. The summed E-state index contributed by atoms with van der Waals surface area (Å²) in [6, 6.07) is 22.5. The van der Waals surface area contributed by atoms with E-state index in [0.717, 1.165) is 16.8 Å². The van der Waals surface area contributed by atoms with Crippen molar-refractivity contribution in [2.24, 2.45) is 0 Å². The SMILES string of the molecule is Cc1cccc(NC(=O)c2oc3ccccc3c2COc2ccccc2)n1. The molecule has 2 aromatic heterocycles. The van der Waals surface area contributed by atoms with Crippen LogP contribution in [0.25, 0.3) is 11.0 Å². The second-order valence-corrected chi connectivity index (χ2v) is 6.13. The van der Waals surface area contributed by atoms with E-state index in [4.69, 9.17) is 9.15 Å². The van der Waals surface area contributed by atoms with Crippen LogP contribution in [0.2, 0.25) is 0 Å². The summed E-state index contributed by atoms with van der Waals surface area (Å²) in [5.74, 6) is 1.09. The smallest absolute Gasteiger partial charge is 0.292 e. The second kappa shape index (κ2) is 7.33. The maximum absolute atomic E-state index is 12.8. The molecule has 0 unspecified atom stereocenters. The fourth-order valence-electron chi connectivity index (χ4n) is 2.88. The number of aromatic nitrogens is 1. The third kappa shape index (κ3) is 3.67. The maximum Gasteiger partial charge on any atom is 0.292 e. The van der Waals surface area contributed by atoms with E-state index in [1.165, 1.54) is 0 Å². The first-order valence-corrected chi connectivity index (χ1v) is 8.64. The summed E-state index contributed by atoms with van der Waals surface area (Å²) in [6.07, 6.45) is 0. The number of ether oxygens (including phenoxy) is 1. The number of carbonyl (C=O) groups excluding carboxylic acids is 1. The minimum atomic E-state index is -0.351. The summed E-state index contributed by atoms with van der Waals surface area (Å²) in [4.78, 5) is 17.1. The molecule has 0 atom stereocenters. The number of aryl methyl sites for hydroxylation is 1. The van der Waals surface area contributed by atoms with E-state index >= 15 is 0 Å². The maximum atomic E-state index is 12.8. The molecule has 5 nitrogen and oxygen atoms in total. The van der Waals surface area contributed by atoms with Crippen molar-refractivity contribution in [2.45, 2.75) is 13.5 Å². The van der Waals surface area contributed by atoms with E-state index in [9.17, 15) is 4.79 Å². The lowest BCUT2D eigenvalue weighted by Crippen LogP contribution is -2.15. The monoisotopic (exact) mass is 358 g/mol. The van der Waals surface area contributed by atoms with Gasteiger partial charge in [0.05, 0.1) is 0 Å². The largest absolute Gasteiger partial charge is 0.489 e. The summed E-state index contributed by atoms with van der Waals surface area (Å²) in [6.45, 7) is 2.10. The average Bonchev–Trinajstić information content (AvgIpc) is 3.06. The number of anilines is 1. The lowest BCUT2D eigenvalue weighted by atomic mass is 10.1. The topological polar surface area (TPSA) is 64.4 Å². The third-order valence-corrected chi connectivity index (χ3v) is 4.16. The molecule has 0 saturated heterocycles. The van der Waals surface area contributed by atoms with Gasteiger partial charge in [0.25, 0.3) is 5.91 Å². The molecule has 2 aromatic carbocycles. The van der Waals surface area contributed by atoms with Crippen molar-refractivity contribution >= 4 is 22.7 Å². The molecule has 2 heterocycles. The molecule has 4 rings (SSSR count). The van der Waals surface area contributed by atoms with E-state index < -0.39 is 0 Å². The molecule has 0 spiro atoms. The molecule has 0 fully saturated rings. The van der Waals surface area contributed by atoms with Gasteiger partial charge in [-0.25, -0.2) is 4.98 Å². The highest BCUT2D eigenvalue weighted by molar-refractivity contribution is 6.06. The summed E-state index contributed by atoms with van der Waals surface area (Å²) in [5.41, 5.74) is 2.18. The first-order chi connectivity index (χ1) is 13.2. The number of benzene rings is 2. The second-order valence-electron chi connectivity index (χ2n) is 6.13. The Hall–Kier alpha value is -3.60. The van der Waals surface area contributed by atoms with Crippen LogP contribution in [-0.4, -0.2) is 10.9 Å². The van der Waals surface area contributed by atoms with Crippen LogP contribution in [0, 0.1) is 6.92 Å². The molecule has 1 N–H and O–H groups in total. The molecule has 0 saturated carbocycles. The Labute approximate surface area is 156 Å². The Balaban J connectivity index is 1.65. The number of nitrogens with zero attached hydrogens (tertiary/aromatic N) is 1. The van der Waals surface area contributed by atoms with Gasteiger partial charge in [-0.1, -0.05) is 42.5 Å². The molecule has 0 bridgehead atoms. The minimum Gasteiger partial charge on any atom is -0.489 e. The van der Waals surface area contributed by atoms with E-state index in [-0.39, 0.29) is 18.3 Å². The molecule has 4 aromatic rings. The zero-order chi connectivity index (χ0) is 18.6. The van der Waals surface area contributed by atoms with Gasteiger partial charge in [0, 0.05) is 16.6 Å². The van der Waals surface area contributed by atoms with Gasteiger partial charge >= 0.3 is 0 Å². The highest BCUT2D eigenvalue weighted by Gasteiger charge is 2.21. The predicted molar refractivity (Wildman–Crippen MR) is 104 cm³/mol. The van der Waals surface area contributed by atoms with Gasteiger partial charge in [0.15, 0.2) is 5.76 Å². The fourth-order valence-corrected chi connectivity index (χ4v) is 2.88. The lowest BCUT2D eigenvalue weighted by Gasteiger charge is -2.07. The number of hydrogen-bond donors (Lipinski definition) is 1. The summed E-state index contributed by atoms with van der Waals surface area (Å²) < 4.78 is 11.7. The minimum absolute atomic E-state index is 0.227. The van der Waals surface area contributed by atoms with Gasteiger partial charge in [0.2, 0.25) is 0 Å². The first kappa shape index (κ1) is 16.8. The lowest BCUT2D eigenvalue weighted by molar-refractivity contribution is 0.0995. The molecule has 1 amide bonds. The number of rotatable bonds is 5. The van der Waals surface area contributed by atoms with Gasteiger partial charge in [0.1, 0.15) is 23.8 Å². The average molecular weight is 358 g/mol. The van der Waals surface area contributed by atoms with Crippen LogP contribution < -0.4 is 10.1 Å². The molecule has 0 aliphatic carbocycles. The van der Waals surface area contributed by atoms with Crippen LogP contribution in [0.3, 0.4) is 0 Å². The zero-order valence-electron chi connectivity index (χ0n) is 14.8. The zero-order valence-corrected chi connectivity index (χ0v) is 14.8. The summed E-state index contributed by atoms with van der Waals surface area (Å²) in [7, 11) is 0. The van der Waals surface area contributed by atoms with Crippen molar-refractivity contribution in [3.8, 4) is 5.75 Å². The van der Waals surface area contributed by atoms with E-state index in [1.54, 1.807) is 6.07 Å². The fraction of sp³-hybridized carbons (Fsp3) is 0.0909. The standard InChI is InChI=1S/C22H18N2O3/c1-15-8-7-13-20(23-15)24-22(25)21-18(14-26-16-9-3-2-4-10-16)17-11-5-6-12-19(17)27-21/h2-13H,14H2,1H3,(H,23,24,25). The molecule has 0 aliphatic heterocycles. The van der Waals surface area contributed by atoms with Gasteiger partial charge < -0.3 is 14.5 Å². The van der Waals surface area contributed by atoms with Crippen molar-refractivity contribution in [1.29, 1.82) is 0 Å². The molecule has 5 heteroatoms.